The summed E-state index contributed by atoms with van der Waals surface area (Å²) in [6.45, 7) is 0.721. The normalized spacial score (nSPS) is 60.6. The molecule has 0 aliphatic heterocycles. The van der Waals surface area contributed by atoms with Crippen LogP contribution in [0, 0.1) is 17.8 Å². The van der Waals surface area contributed by atoms with Gasteiger partial charge in [-0.15, -0.1) is 0 Å². The van der Waals surface area contributed by atoms with E-state index in [9.17, 15) is 0 Å². The van der Waals surface area contributed by atoms with Crippen LogP contribution in [-0.2, 0) is 0 Å². The van der Waals surface area contributed by atoms with Crippen molar-refractivity contribution in [1.29, 1.82) is 0 Å². The Bertz CT molecular complexity index is 267. The molecule has 3 nitrogen and oxygen atoms in total. The minimum absolute atomic E-state index is 0.0805. The Morgan fingerprint density at radius 3 is 2.64 bits per heavy atom. The molecule has 5 unspecified atom stereocenters. The standard InChI is InChI=1S/C11H21N3/c12-6-8-1-2-9-7-3-4-10(13,5-7)11(8,9)14/h7-9H,1-6,12-14H2. The molecule has 0 aromatic carbocycles. The van der Waals surface area contributed by atoms with E-state index in [1.54, 1.807) is 0 Å². The third-order valence-corrected chi connectivity index (χ3v) is 5.42. The highest BCUT2D eigenvalue weighted by molar-refractivity contribution is 5.26. The second kappa shape index (κ2) is 2.52. The number of hydrogen-bond donors (Lipinski definition) is 3. The van der Waals surface area contributed by atoms with E-state index in [-0.39, 0.29) is 11.1 Å². The lowest BCUT2D eigenvalue weighted by Crippen LogP contribution is -2.68. The summed E-state index contributed by atoms with van der Waals surface area (Å²) in [6, 6.07) is 0. The summed E-state index contributed by atoms with van der Waals surface area (Å²) >= 11 is 0. The molecule has 14 heavy (non-hydrogen) atoms. The number of fused-ring (bicyclic) bond motifs is 5. The molecule has 0 radical (unpaired) electrons. The first-order chi connectivity index (χ1) is 6.62. The highest BCUT2D eigenvalue weighted by Gasteiger charge is 2.67. The molecule has 3 saturated carbocycles. The Morgan fingerprint density at radius 2 is 1.93 bits per heavy atom. The predicted molar refractivity (Wildman–Crippen MR) is 56.4 cm³/mol. The van der Waals surface area contributed by atoms with Crippen LogP contribution in [0.5, 0.6) is 0 Å². The summed E-state index contributed by atoms with van der Waals surface area (Å²) in [7, 11) is 0. The third kappa shape index (κ3) is 0.765. The molecule has 0 spiro atoms. The molecule has 2 bridgehead atoms. The number of hydrogen-bond acceptors (Lipinski definition) is 3. The van der Waals surface area contributed by atoms with Crippen molar-refractivity contribution in [2.45, 2.75) is 43.2 Å². The van der Waals surface area contributed by atoms with Gasteiger partial charge in [0.05, 0.1) is 0 Å². The highest BCUT2D eigenvalue weighted by Crippen LogP contribution is 2.62. The minimum atomic E-state index is -0.120. The lowest BCUT2D eigenvalue weighted by atomic mass is 9.67. The van der Waals surface area contributed by atoms with Crippen LogP contribution in [0.25, 0.3) is 0 Å². The molecule has 6 N–H and O–H groups in total. The summed E-state index contributed by atoms with van der Waals surface area (Å²) in [4.78, 5) is 0. The molecule has 0 saturated heterocycles. The highest BCUT2D eigenvalue weighted by atomic mass is 15.0. The van der Waals surface area contributed by atoms with Crippen molar-refractivity contribution >= 4 is 0 Å². The summed E-state index contributed by atoms with van der Waals surface area (Å²) in [5, 5.41) is 0. The summed E-state index contributed by atoms with van der Waals surface area (Å²) in [6.07, 6.45) is 6.05. The van der Waals surface area contributed by atoms with E-state index in [1.165, 1.54) is 19.3 Å². The molecule has 3 heteroatoms. The molecule has 0 aromatic rings. The van der Waals surface area contributed by atoms with E-state index in [0.29, 0.717) is 11.8 Å². The van der Waals surface area contributed by atoms with Crippen molar-refractivity contribution in [2.24, 2.45) is 35.0 Å². The van der Waals surface area contributed by atoms with Crippen molar-refractivity contribution in [3.63, 3.8) is 0 Å². The van der Waals surface area contributed by atoms with Gasteiger partial charge in [0, 0.05) is 11.1 Å². The monoisotopic (exact) mass is 195 g/mol. The average Bonchev–Trinajstić information content (AvgIpc) is 2.73. The summed E-state index contributed by atoms with van der Waals surface area (Å²) < 4.78 is 0. The first-order valence-corrected chi connectivity index (χ1v) is 5.89. The number of nitrogens with two attached hydrogens (primary N) is 3. The lowest BCUT2D eigenvalue weighted by Gasteiger charge is -2.46. The van der Waals surface area contributed by atoms with Gasteiger partial charge in [-0.2, -0.15) is 0 Å². The fourth-order valence-electron chi connectivity index (χ4n) is 4.73. The van der Waals surface area contributed by atoms with E-state index in [4.69, 9.17) is 17.2 Å². The van der Waals surface area contributed by atoms with Gasteiger partial charge in [-0.25, -0.2) is 0 Å². The van der Waals surface area contributed by atoms with E-state index in [1.807, 2.05) is 0 Å². The fourth-order valence-corrected chi connectivity index (χ4v) is 4.73. The summed E-state index contributed by atoms with van der Waals surface area (Å²) in [5.41, 5.74) is 18.8. The van der Waals surface area contributed by atoms with Crippen LogP contribution in [0.1, 0.15) is 32.1 Å². The molecule has 80 valence electrons. The van der Waals surface area contributed by atoms with E-state index >= 15 is 0 Å². The maximum atomic E-state index is 6.63. The first-order valence-electron chi connectivity index (χ1n) is 5.89. The van der Waals surface area contributed by atoms with Gasteiger partial charge in [-0.05, 0) is 56.4 Å². The van der Waals surface area contributed by atoms with Gasteiger partial charge in [0.1, 0.15) is 0 Å². The van der Waals surface area contributed by atoms with Gasteiger partial charge in [-0.3, -0.25) is 0 Å². The van der Waals surface area contributed by atoms with Crippen LogP contribution >= 0.6 is 0 Å². The largest absolute Gasteiger partial charge is 0.330 e. The zero-order valence-corrected chi connectivity index (χ0v) is 8.71. The van der Waals surface area contributed by atoms with Gasteiger partial charge in [-0.1, -0.05) is 0 Å². The Kier molecular flexibility index (Phi) is 1.64. The van der Waals surface area contributed by atoms with Gasteiger partial charge < -0.3 is 17.2 Å². The van der Waals surface area contributed by atoms with Crippen molar-refractivity contribution in [1.82, 2.24) is 0 Å². The Balaban J connectivity index is 2.03. The van der Waals surface area contributed by atoms with Crippen molar-refractivity contribution in [2.75, 3.05) is 6.54 Å². The second-order valence-electron chi connectivity index (χ2n) is 5.71. The average molecular weight is 195 g/mol. The van der Waals surface area contributed by atoms with E-state index < -0.39 is 0 Å². The van der Waals surface area contributed by atoms with Crippen LogP contribution in [0.15, 0.2) is 0 Å². The van der Waals surface area contributed by atoms with E-state index in [2.05, 4.69) is 0 Å². The Morgan fingerprint density at radius 1 is 1.14 bits per heavy atom. The van der Waals surface area contributed by atoms with Crippen molar-refractivity contribution < 1.29 is 0 Å². The lowest BCUT2D eigenvalue weighted by molar-refractivity contribution is 0.138. The van der Waals surface area contributed by atoms with Crippen LogP contribution < -0.4 is 17.2 Å². The minimum Gasteiger partial charge on any atom is -0.330 e. The molecule has 3 fully saturated rings. The zero-order valence-electron chi connectivity index (χ0n) is 8.71. The van der Waals surface area contributed by atoms with Gasteiger partial charge in [0.2, 0.25) is 0 Å². The fraction of sp³-hybridized carbons (Fsp3) is 1.00. The molecular formula is C11H21N3. The smallest absolute Gasteiger partial charge is 0.0408 e. The summed E-state index contributed by atoms with van der Waals surface area (Å²) in [5.74, 6) is 1.96. The molecule has 5 atom stereocenters. The van der Waals surface area contributed by atoms with Crippen LogP contribution in [0.2, 0.25) is 0 Å². The van der Waals surface area contributed by atoms with Crippen molar-refractivity contribution in [3.8, 4) is 0 Å². The SMILES string of the molecule is NCC1CCC2C3CCC(N)(C3)C12N. The maximum Gasteiger partial charge on any atom is 0.0408 e. The maximum absolute atomic E-state index is 6.63. The molecule has 0 aromatic heterocycles. The van der Waals surface area contributed by atoms with Gasteiger partial charge in [0.15, 0.2) is 0 Å². The predicted octanol–water partition coefficient (Wildman–Crippen LogP) is 0.180. The quantitative estimate of drug-likeness (QED) is 0.558. The third-order valence-electron chi connectivity index (χ3n) is 5.42. The topological polar surface area (TPSA) is 78.1 Å². The first kappa shape index (κ1) is 9.13. The molecule has 0 heterocycles. The van der Waals surface area contributed by atoms with E-state index in [0.717, 1.165) is 25.3 Å². The van der Waals surface area contributed by atoms with Crippen LogP contribution in [-0.4, -0.2) is 17.6 Å². The second-order valence-corrected chi connectivity index (χ2v) is 5.71. The van der Waals surface area contributed by atoms with Gasteiger partial charge in [0.25, 0.3) is 0 Å². The molecule has 3 rings (SSSR count). The Hall–Kier alpha value is -0.120. The zero-order chi connectivity index (χ0) is 9.97. The molecule has 0 amide bonds. The van der Waals surface area contributed by atoms with Gasteiger partial charge >= 0.3 is 0 Å². The van der Waals surface area contributed by atoms with Crippen molar-refractivity contribution in [3.05, 3.63) is 0 Å². The van der Waals surface area contributed by atoms with Crippen LogP contribution in [0.3, 0.4) is 0 Å². The number of rotatable bonds is 1. The molecule has 3 aliphatic carbocycles. The Labute approximate surface area is 85.4 Å². The van der Waals surface area contributed by atoms with Crippen LogP contribution in [0.4, 0.5) is 0 Å². The molecular weight excluding hydrogens is 174 g/mol. The molecule has 3 aliphatic rings.